The van der Waals surface area contributed by atoms with E-state index in [9.17, 15) is 4.79 Å². The summed E-state index contributed by atoms with van der Waals surface area (Å²) in [6.45, 7) is 5.97. The van der Waals surface area contributed by atoms with Crippen molar-refractivity contribution in [3.05, 3.63) is 54.1 Å². The summed E-state index contributed by atoms with van der Waals surface area (Å²) < 4.78 is 0. The monoisotopic (exact) mass is 363 g/mol. The number of rotatable bonds is 3. The van der Waals surface area contributed by atoms with Crippen molar-refractivity contribution in [1.29, 1.82) is 0 Å². The Balaban J connectivity index is 1.49. The van der Waals surface area contributed by atoms with Gasteiger partial charge in [-0.3, -0.25) is 4.79 Å². The zero-order valence-corrected chi connectivity index (χ0v) is 16.0. The second-order valence-corrected chi connectivity index (χ2v) is 7.57. The molecule has 0 atom stereocenters. The summed E-state index contributed by atoms with van der Waals surface area (Å²) in [5.74, 6) is 0.179. The molecule has 4 rings (SSSR count). The standard InChI is InChI=1S/C23H29N3O/c27-23(26-14-3-1-2-4-15-26)20-10-8-19(9-11-20)21-6-5-7-22(18-21)25-16-12-24-13-17-25/h5-11,18,24H,1-4,12-17H2. The van der Waals surface area contributed by atoms with Gasteiger partial charge in [0, 0.05) is 50.5 Å². The first kappa shape index (κ1) is 18.1. The number of carbonyl (C=O) groups excluding carboxylic acids is 1. The highest BCUT2D eigenvalue weighted by Gasteiger charge is 2.17. The van der Waals surface area contributed by atoms with E-state index >= 15 is 0 Å². The molecule has 2 aliphatic heterocycles. The zero-order chi connectivity index (χ0) is 18.5. The molecule has 0 aliphatic carbocycles. The van der Waals surface area contributed by atoms with Crippen LogP contribution in [0.3, 0.4) is 0 Å². The van der Waals surface area contributed by atoms with Crippen LogP contribution in [0.2, 0.25) is 0 Å². The Hall–Kier alpha value is -2.33. The Morgan fingerprint density at radius 2 is 1.48 bits per heavy atom. The SMILES string of the molecule is O=C(c1ccc(-c2cccc(N3CCNCC3)c2)cc1)N1CCCCCC1. The fraction of sp³-hybridized carbons (Fsp3) is 0.435. The molecule has 0 saturated carbocycles. The normalized spacial score (nSPS) is 18.2. The first-order chi connectivity index (χ1) is 13.3. The number of nitrogens with zero attached hydrogens (tertiary/aromatic N) is 2. The summed E-state index contributed by atoms with van der Waals surface area (Å²) >= 11 is 0. The Labute approximate surface area is 162 Å². The first-order valence-corrected chi connectivity index (χ1v) is 10.3. The molecule has 0 spiro atoms. The van der Waals surface area contributed by atoms with Gasteiger partial charge in [0.25, 0.3) is 5.91 Å². The number of hydrogen-bond donors (Lipinski definition) is 1. The fourth-order valence-corrected chi connectivity index (χ4v) is 4.07. The van der Waals surface area contributed by atoms with E-state index in [0.29, 0.717) is 0 Å². The third kappa shape index (κ3) is 4.33. The van der Waals surface area contributed by atoms with E-state index in [0.717, 1.165) is 57.7 Å². The minimum absolute atomic E-state index is 0.179. The molecule has 2 saturated heterocycles. The Morgan fingerprint density at radius 1 is 0.778 bits per heavy atom. The van der Waals surface area contributed by atoms with E-state index in [1.54, 1.807) is 0 Å². The molecule has 27 heavy (non-hydrogen) atoms. The van der Waals surface area contributed by atoms with E-state index in [1.807, 2.05) is 17.0 Å². The molecule has 2 fully saturated rings. The maximum Gasteiger partial charge on any atom is 0.253 e. The van der Waals surface area contributed by atoms with Crippen molar-refractivity contribution in [1.82, 2.24) is 10.2 Å². The molecule has 0 radical (unpaired) electrons. The highest BCUT2D eigenvalue weighted by molar-refractivity contribution is 5.94. The number of likely N-dealkylation sites (tertiary alicyclic amines) is 1. The van der Waals surface area contributed by atoms with Crippen LogP contribution in [0, 0.1) is 0 Å². The predicted molar refractivity (Wildman–Crippen MR) is 111 cm³/mol. The molecule has 1 amide bonds. The molecule has 2 aromatic carbocycles. The maximum atomic E-state index is 12.8. The van der Waals surface area contributed by atoms with E-state index in [1.165, 1.54) is 29.7 Å². The van der Waals surface area contributed by atoms with Crippen molar-refractivity contribution in [2.24, 2.45) is 0 Å². The number of piperazine rings is 1. The average molecular weight is 364 g/mol. The summed E-state index contributed by atoms with van der Waals surface area (Å²) in [6.07, 6.45) is 4.74. The topological polar surface area (TPSA) is 35.6 Å². The molecular formula is C23H29N3O. The van der Waals surface area contributed by atoms with Gasteiger partial charge in [-0.25, -0.2) is 0 Å². The van der Waals surface area contributed by atoms with Crippen LogP contribution in [-0.4, -0.2) is 50.1 Å². The van der Waals surface area contributed by atoms with Crippen LogP contribution in [0.4, 0.5) is 5.69 Å². The molecule has 142 valence electrons. The van der Waals surface area contributed by atoms with Gasteiger partial charge in [0.2, 0.25) is 0 Å². The van der Waals surface area contributed by atoms with Crippen molar-refractivity contribution < 1.29 is 4.79 Å². The Bertz CT molecular complexity index is 757. The van der Waals surface area contributed by atoms with Crippen molar-refractivity contribution in [3.63, 3.8) is 0 Å². The number of hydrogen-bond acceptors (Lipinski definition) is 3. The summed E-state index contributed by atoms with van der Waals surface area (Å²) in [4.78, 5) is 17.2. The smallest absolute Gasteiger partial charge is 0.253 e. The van der Waals surface area contributed by atoms with Crippen LogP contribution < -0.4 is 10.2 Å². The van der Waals surface area contributed by atoms with E-state index in [4.69, 9.17) is 0 Å². The molecule has 4 heteroatoms. The number of carbonyl (C=O) groups is 1. The van der Waals surface area contributed by atoms with Gasteiger partial charge in [0.1, 0.15) is 0 Å². The van der Waals surface area contributed by atoms with Crippen LogP contribution in [0.15, 0.2) is 48.5 Å². The van der Waals surface area contributed by atoms with Gasteiger partial charge in [0.05, 0.1) is 0 Å². The number of nitrogens with one attached hydrogen (secondary N) is 1. The van der Waals surface area contributed by atoms with E-state index in [-0.39, 0.29) is 5.91 Å². The fourth-order valence-electron chi connectivity index (χ4n) is 4.07. The second-order valence-electron chi connectivity index (χ2n) is 7.57. The molecule has 2 aromatic rings. The zero-order valence-electron chi connectivity index (χ0n) is 16.0. The van der Waals surface area contributed by atoms with Crippen LogP contribution in [0.25, 0.3) is 11.1 Å². The summed E-state index contributed by atoms with van der Waals surface area (Å²) in [6, 6.07) is 16.9. The Kier molecular flexibility index (Phi) is 5.73. The van der Waals surface area contributed by atoms with Gasteiger partial charge in [-0.15, -0.1) is 0 Å². The molecule has 4 nitrogen and oxygen atoms in total. The van der Waals surface area contributed by atoms with Crippen LogP contribution in [-0.2, 0) is 0 Å². The van der Waals surface area contributed by atoms with Gasteiger partial charge in [-0.05, 0) is 48.2 Å². The highest BCUT2D eigenvalue weighted by atomic mass is 16.2. The van der Waals surface area contributed by atoms with Crippen LogP contribution >= 0.6 is 0 Å². The quantitative estimate of drug-likeness (QED) is 0.901. The molecule has 1 N–H and O–H groups in total. The minimum Gasteiger partial charge on any atom is -0.369 e. The lowest BCUT2D eigenvalue weighted by Gasteiger charge is -2.29. The van der Waals surface area contributed by atoms with Crippen molar-refractivity contribution in [2.75, 3.05) is 44.2 Å². The lowest BCUT2D eigenvalue weighted by Crippen LogP contribution is -2.43. The maximum absolute atomic E-state index is 12.8. The molecule has 0 unspecified atom stereocenters. The molecule has 0 bridgehead atoms. The van der Waals surface area contributed by atoms with Gasteiger partial charge in [0.15, 0.2) is 0 Å². The van der Waals surface area contributed by atoms with Crippen LogP contribution in [0.1, 0.15) is 36.0 Å². The average Bonchev–Trinajstić information content (AvgIpc) is 3.04. The summed E-state index contributed by atoms with van der Waals surface area (Å²) in [7, 11) is 0. The summed E-state index contributed by atoms with van der Waals surface area (Å²) in [5.41, 5.74) is 4.46. The largest absolute Gasteiger partial charge is 0.369 e. The molecule has 0 aromatic heterocycles. The number of amides is 1. The molecule has 2 aliphatic rings. The summed E-state index contributed by atoms with van der Waals surface area (Å²) in [5, 5.41) is 3.40. The van der Waals surface area contributed by atoms with Gasteiger partial charge in [-0.1, -0.05) is 37.1 Å². The van der Waals surface area contributed by atoms with Crippen molar-refractivity contribution >= 4 is 11.6 Å². The number of anilines is 1. The van der Waals surface area contributed by atoms with E-state index < -0.39 is 0 Å². The predicted octanol–water partition coefficient (Wildman–Crippen LogP) is 3.78. The third-order valence-corrected chi connectivity index (χ3v) is 5.69. The third-order valence-electron chi connectivity index (χ3n) is 5.69. The lowest BCUT2D eigenvalue weighted by atomic mass is 10.0. The second kappa shape index (κ2) is 8.57. The van der Waals surface area contributed by atoms with Crippen LogP contribution in [0.5, 0.6) is 0 Å². The molecule has 2 heterocycles. The Morgan fingerprint density at radius 3 is 2.19 bits per heavy atom. The minimum atomic E-state index is 0.179. The lowest BCUT2D eigenvalue weighted by molar-refractivity contribution is 0.0761. The highest BCUT2D eigenvalue weighted by Crippen LogP contribution is 2.26. The number of benzene rings is 2. The van der Waals surface area contributed by atoms with Gasteiger partial charge >= 0.3 is 0 Å². The molecular weight excluding hydrogens is 334 g/mol. The van der Waals surface area contributed by atoms with Gasteiger partial charge in [-0.2, -0.15) is 0 Å². The van der Waals surface area contributed by atoms with Crippen molar-refractivity contribution in [2.45, 2.75) is 25.7 Å². The van der Waals surface area contributed by atoms with Gasteiger partial charge < -0.3 is 15.1 Å². The first-order valence-electron chi connectivity index (χ1n) is 10.3. The van der Waals surface area contributed by atoms with E-state index in [2.05, 4.69) is 46.6 Å². The van der Waals surface area contributed by atoms with Crippen molar-refractivity contribution in [3.8, 4) is 11.1 Å².